The highest BCUT2D eigenvalue weighted by Crippen LogP contribution is 2.31. The van der Waals surface area contributed by atoms with Gasteiger partial charge in [0.15, 0.2) is 0 Å². The maximum Gasteiger partial charge on any atom is 0.228 e. The summed E-state index contributed by atoms with van der Waals surface area (Å²) in [6.45, 7) is 4.44. The van der Waals surface area contributed by atoms with Crippen molar-refractivity contribution in [3.63, 3.8) is 0 Å². The van der Waals surface area contributed by atoms with E-state index in [0.717, 1.165) is 36.7 Å². The third-order valence-electron chi connectivity index (χ3n) is 6.47. The number of terminal acetylenes is 1. The van der Waals surface area contributed by atoms with E-state index >= 15 is 0 Å². The van der Waals surface area contributed by atoms with Crippen molar-refractivity contribution in [2.45, 2.75) is 38.5 Å². The van der Waals surface area contributed by atoms with Gasteiger partial charge in [0.05, 0.1) is 18.8 Å². The zero-order valence-corrected chi connectivity index (χ0v) is 18.3. The van der Waals surface area contributed by atoms with Crippen LogP contribution in [0.25, 0.3) is 0 Å². The van der Waals surface area contributed by atoms with E-state index in [0.29, 0.717) is 19.6 Å². The summed E-state index contributed by atoms with van der Waals surface area (Å²) in [6.07, 6.45) is 11.5. The highest BCUT2D eigenvalue weighted by molar-refractivity contribution is 5.97. The van der Waals surface area contributed by atoms with Crippen LogP contribution in [-0.2, 0) is 17.6 Å². The number of rotatable bonds is 8. The largest absolute Gasteiger partial charge is 0.493 e. The zero-order valence-electron chi connectivity index (χ0n) is 18.3. The predicted molar refractivity (Wildman–Crippen MR) is 125 cm³/mol. The van der Waals surface area contributed by atoms with E-state index in [9.17, 15) is 4.79 Å². The zero-order chi connectivity index (χ0) is 21.5. The molecule has 2 aliphatic rings. The third kappa shape index (κ3) is 5.68. The van der Waals surface area contributed by atoms with E-state index in [1.54, 1.807) is 4.90 Å². The molecule has 0 radical (unpaired) electrons. The second-order valence-corrected chi connectivity index (χ2v) is 8.65. The minimum absolute atomic E-state index is 0.0956. The van der Waals surface area contributed by atoms with Crippen LogP contribution >= 0.6 is 0 Å². The highest BCUT2D eigenvalue weighted by Gasteiger charge is 2.24. The lowest BCUT2D eigenvalue weighted by atomic mass is 9.90. The quantitative estimate of drug-likeness (QED) is 0.475. The number of ether oxygens (including phenoxy) is 1. The molecule has 0 aromatic heterocycles. The Labute approximate surface area is 186 Å². The number of piperidine rings is 1. The third-order valence-corrected chi connectivity index (χ3v) is 6.47. The van der Waals surface area contributed by atoms with Crippen molar-refractivity contribution in [2.24, 2.45) is 5.92 Å². The molecule has 0 saturated carbocycles. The molecule has 162 valence electrons. The normalized spacial score (nSPS) is 17.3. The van der Waals surface area contributed by atoms with Gasteiger partial charge in [-0.15, -0.1) is 6.42 Å². The minimum atomic E-state index is 0.0956. The van der Waals surface area contributed by atoms with Crippen molar-refractivity contribution in [2.75, 3.05) is 37.7 Å². The molecule has 2 aliphatic heterocycles. The van der Waals surface area contributed by atoms with E-state index in [-0.39, 0.29) is 5.91 Å². The molecule has 1 fully saturated rings. The van der Waals surface area contributed by atoms with Crippen LogP contribution in [0.2, 0.25) is 0 Å². The number of carbonyl (C=O) groups is 1. The molecule has 0 bridgehead atoms. The van der Waals surface area contributed by atoms with Crippen molar-refractivity contribution in [1.82, 2.24) is 4.90 Å². The van der Waals surface area contributed by atoms with Gasteiger partial charge in [0.1, 0.15) is 5.75 Å². The van der Waals surface area contributed by atoms with Crippen molar-refractivity contribution in [1.29, 1.82) is 0 Å². The fourth-order valence-corrected chi connectivity index (χ4v) is 4.71. The summed E-state index contributed by atoms with van der Waals surface area (Å²) >= 11 is 0. The first-order valence-electron chi connectivity index (χ1n) is 11.5. The Bertz CT molecular complexity index is 911. The SMILES string of the molecule is C#CCN1C(=O)CCc2ccc(OCCCN3CCC(Cc4ccccc4)CC3)cc21. The van der Waals surface area contributed by atoms with Gasteiger partial charge < -0.3 is 14.5 Å². The molecule has 1 amide bonds. The van der Waals surface area contributed by atoms with Gasteiger partial charge in [-0.05, 0) is 68.3 Å². The molecule has 1 saturated heterocycles. The number of aryl methyl sites for hydroxylation is 1. The van der Waals surface area contributed by atoms with Crippen LogP contribution in [0, 0.1) is 18.3 Å². The molecule has 4 nitrogen and oxygen atoms in total. The standard InChI is InChI=1S/C27H32N2O2/c1-2-15-29-26-21-25(11-9-24(26)10-12-27(29)30)31-19-6-16-28-17-13-23(14-18-28)20-22-7-4-3-5-8-22/h1,3-5,7-9,11,21,23H,6,10,12-20H2. The number of hydrogen-bond donors (Lipinski definition) is 0. The lowest BCUT2D eigenvalue weighted by Crippen LogP contribution is -2.35. The first-order valence-corrected chi connectivity index (χ1v) is 11.5. The first kappa shape index (κ1) is 21.5. The van der Waals surface area contributed by atoms with Crippen molar-refractivity contribution >= 4 is 11.6 Å². The lowest BCUT2D eigenvalue weighted by Gasteiger charge is -2.32. The van der Waals surface area contributed by atoms with Gasteiger partial charge in [0.25, 0.3) is 0 Å². The molecule has 0 unspecified atom stereocenters. The number of hydrogen-bond acceptors (Lipinski definition) is 3. The molecule has 0 N–H and O–H groups in total. The summed E-state index contributed by atoms with van der Waals surface area (Å²) < 4.78 is 6.01. The minimum Gasteiger partial charge on any atom is -0.493 e. The summed E-state index contributed by atoms with van der Waals surface area (Å²) in [4.78, 5) is 16.5. The molecular weight excluding hydrogens is 384 g/mol. The fraction of sp³-hybridized carbons (Fsp3) is 0.444. The van der Waals surface area contributed by atoms with Gasteiger partial charge in [0, 0.05) is 19.0 Å². The van der Waals surface area contributed by atoms with Gasteiger partial charge in [-0.1, -0.05) is 42.3 Å². The summed E-state index contributed by atoms with van der Waals surface area (Å²) in [5.74, 6) is 4.31. The van der Waals surface area contributed by atoms with Crippen molar-refractivity contribution < 1.29 is 9.53 Å². The second-order valence-electron chi connectivity index (χ2n) is 8.65. The molecule has 0 aliphatic carbocycles. The van der Waals surface area contributed by atoms with Gasteiger partial charge in [-0.2, -0.15) is 0 Å². The molecule has 0 spiro atoms. The van der Waals surface area contributed by atoms with Crippen LogP contribution in [0.4, 0.5) is 5.69 Å². The molecule has 2 aromatic carbocycles. The van der Waals surface area contributed by atoms with Gasteiger partial charge in [0.2, 0.25) is 5.91 Å². The van der Waals surface area contributed by atoms with Crippen LogP contribution in [-0.4, -0.2) is 43.6 Å². The summed E-state index contributed by atoms with van der Waals surface area (Å²) in [5, 5.41) is 0. The van der Waals surface area contributed by atoms with Crippen molar-refractivity contribution in [3.8, 4) is 18.1 Å². The summed E-state index contributed by atoms with van der Waals surface area (Å²) in [6, 6.07) is 16.9. The molecule has 2 aromatic rings. The number of amides is 1. The van der Waals surface area contributed by atoms with Crippen LogP contribution in [0.15, 0.2) is 48.5 Å². The van der Waals surface area contributed by atoms with Crippen LogP contribution in [0.5, 0.6) is 5.75 Å². The monoisotopic (exact) mass is 416 g/mol. The molecule has 31 heavy (non-hydrogen) atoms. The van der Waals surface area contributed by atoms with Gasteiger partial charge >= 0.3 is 0 Å². The molecular formula is C27H32N2O2. The molecule has 4 rings (SSSR count). The number of fused-ring (bicyclic) bond motifs is 1. The topological polar surface area (TPSA) is 32.8 Å². The Kier molecular flexibility index (Phi) is 7.27. The van der Waals surface area contributed by atoms with E-state index in [1.165, 1.54) is 43.5 Å². The Morgan fingerprint density at radius 2 is 1.87 bits per heavy atom. The Hall–Kier alpha value is -2.77. The van der Waals surface area contributed by atoms with Crippen LogP contribution in [0.3, 0.4) is 0 Å². The van der Waals surface area contributed by atoms with E-state index in [4.69, 9.17) is 11.2 Å². The van der Waals surface area contributed by atoms with E-state index < -0.39 is 0 Å². The van der Waals surface area contributed by atoms with Gasteiger partial charge in [-0.3, -0.25) is 4.79 Å². The predicted octanol–water partition coefficient (Wildman–Crippen LogP) is 4.32. The number of likely N-dealkylation sites (tertiary alicyclic amines) is 1. The lowest BCUT2D eigenvalue weighted by molar-refractivity contribution is -0.118. The molecule has 0 atom stereocenters. The highest BCUT2D eigenvalue weighted by atomic mass is 16.5. The summed E-state index contributed by atoms with van der Waals surface area (Å²) in [5.41, 5.74) is 3.54. The van der Waals surface area contributed by atoms with Gasteiger partial charge in [-0.25, -0.2) is 0 Å². The summed E-state index contributed by atoms with van der Waals surface area (Å²) in [7, 11) is 0. The number of carbonyl (C=O) groups excluding carboxylic acids is 1. The van der Waals surface area contributed by atoms with E-state index in [1.807, 2.05) is 12.1 Å². The number of nitrogens with zero attached hydrogens (tertiary/aromatic N) is 2. The maximum absolute atomic E-state index is 12.2. The smallest absolute Gasteiger partial charge is 0.228 e. The van der Waals surface area contributed by atoms with Crippen LogP contribution < -0.4 is 9.64 Å². The second kappa shape index (κ2) is 10.5. The van der Waals surface area contributed by atoms with Crippen molar-refractivity contribution in [3.05, 3.63) is 59.7 Å². The fourth-order valence-electron chi connectivity index (χ4n) is 4.71. The Morgan fingerprint density at radius 3 is 2.65 bits per heavy atom. The average Bonchev–Trinajstić information content (AvgIpc) is 2.80. The number of anilines is 1. The number of benzene rings is 2. The Balaban J connectivity index is 1.20. The maximum atomic E-state index is 12.2. The molecule has 2 heterocycles. The molecule has 4 heteroatoms. The van der Waals surface area contributed by atoms with Crippen LogP contribution in [0.1, 0.15) is 36.8 Å². The Morgan fingerprint density at radius 1 is 1.06 bits per heavy atom. The van der Waals surface area contributed by atoms with E-state index in [2.05, 4.69) is 47.2 Å². The average molecular weight is 417 g/mol. The first-order chi connectivity index (χ1) is 15.2.